The van der Waals surface area contributed by atoms with Gasteiger partial charge in [0.2, 0.25) is 5.91 Å². The van der Waals surface area contributed by atoms with E-state index in [0.717, 1.165) is 5.56 Å². The predicted octanol–water partition coefficient (Wildman–Crippen LogP) is 2.45. The van der Waals surface area contributed by atoms with Crippen molar-refractivity contribution in [2.45, 2.75) is 38.6 Å². The van der Waals surface area contributed by atoms with Crippen molar-refractivity contribution in [2.24, 2.45) is 0 Å². The van der Waals surface area contributed by atoms with Gasteiger partial charge in [-0.2, -0.15) is 0 Å². The molecule has 0 aromatic heterocycles. The molecular weight excluding hydrogens is 456 g/mol. The summed E-state index contributed by atoms with van der Waals surface area (Å²) < 4.78 is 29.0. The second kappa shape index (κ2) is 10.4. The predicted molar refractivity (Wildman–Crippen MR) is 132 cm³/mol. The molecule has 9 nitrogen and oxygen atoms in total. The Balaban J connectivity index is 1.83. The van der Waals surface area contributed by atoms with Crippen molar-refractivity contribution >= 4 is 33.3 Å². The Bertz CT molecular complexity index is 1170. The number of hydrogen-bond acceptors (Lipinski definition) is 6. The number of anilines is 2. The SMILES string of the molecule is Cc1ccc(S(=O)(=O)Nc2cc(C(=O)O)ccc2N2CCN(CC(=O)NC(C)C)CC2)c(C)c1. The van der Waals surface area contributed by atoms with Crippen LogP contribution in [0.15, 0.2) is 41.3 Å². The lowest BCUT2D eigenvalue weighted by Gasteiger charge is -2.36. The molecule has 1 heterocycles. The number of nitrogens with zero attached hydrogens (tertiary/aromatic N) is 2. The van der Waals surface area contributed by atoms with Crippen LogP contribution in [0.3, 0.4) is 0 Å². The minimum Gasteiger partial charge on any atom is -0.478 e. The van der Waals surface area contributed by atoms with Gasteiger partial charge in [-0.05, 0) is 57.5 Å². The van der Waals surface area contributed by atoms with Crippen LogP contribution in [-0.4, -0.2) is 69.1 Å². The summed E-state index contributed by atoms with van der Waals surface area (Å²) in [6, 6.07) is 9.59. The molecule has 0 radical (unpaired) electrons. The minimum absolute atomic E-state index is 0.00827. The first-order valence-corrected chi connectivity index (χ1v) is 12.7. The molecule has 0 spiro atoms. The van der Waals surface area contributed by atoms with Crippen LogP contribution < -0.4 is 14.9 Å². The minimum atomic E-state index is -3.94. The van der Waals surface area contributed by atoms with Crippen LogP contribution in [0.5, 0.6) is 0 Å². The Morgan fingerprint density at radius 3 is 2.29 bits per heavy atom. The molecule has 10 heteroatoms. The quantitative estimate of drug-likeness (QED) is 0.522. The Hall–Kier alpha value is -3.11. The molecule has 184 valence electrons. The highest BCUT2D eigenvalue weighted by Gasteiger charge is 2.25. The lowest BCUT2D eigenvalue weighted by molar-refractivity contribution is -0.122. The van der Waals surface area contributed by atoms with Gasteiger partial charge in [0.25, 0.3) is 10.0 Å². The summed E-state index contributed by atoms with van der Waals surface area (Å²) in [5.41, 5.74) is 2.36. The van der Waals surface area contributed by atoms with Crippen molar-refractivity contribution < 1.29 is 23.1 Å². The normalized spacial score (nSPS) is 14.8. The third kappa shape index (κ3) is 6.27. The van der Waals surface area contributed by atoms with Crippen LogP contribution in [0.4, 0.5) is 11.4 Å². The van der Waals surface area contributed by atoms with Gasteiger partial charge >= 0.3 is 5.97 Å². The number of carboxylic acid groups (broad SMARTS) is 1. The second-order valence-corrected chi connectivity index (χ2v) is 10.5. The molecule has 1 saturated heterocycles. The standard InChI is InChI=1S/C24H32N4O5S/c1-16(2)25-23(29)15-27-9-11-28(12-10-27)21-7-6-19(24(30)31)14-20(21)26-34(32,33)22-8-5-17(3)13-18(22)4/h5-8,13-14,16,26H,9-12,15H2,1-4H3,(H,25,29)(H,30,31). The molecule has 0 aliphatic carbocycles. The number of sulfonamides is 1. The number of carbonyl (C=O) groups excluding carboxylic acids is 1. The first-order chi connectivity index (χ1) is 16.0. The van der Waals surface area contributed by atoms with E-state index in [1.54, 1.807) is 31.2 Å². The van der Waals surface area contributed by atoms with Crippen LogP contribution in [0, 0.1) is 13.8 Å². The number of aromatic carboxylic acids is 1. The lowest BCUT2D eigenvalue weighted by Crippen LogP contribution is -2.50. The first kappa shape index (κ1) is 25.5. The number of benzene rings is 2. The van der Waals surface area contributed by atoms with Gasteiger partial charge in [-0.3, -0.25) is 14.4 Å². The maximum atomic E-state index is 13.2. The number of aryl methyl sites for hydroxylation is 2. The van der Waals surface area contributed by atoms with Gasteiger partial charge in [-0.25, -0.2) is 13.2 Å². The molecule has 0 unspecified atom stereocenters. The number of amides is 1. The number of piperazine rings is 1. The number of carboxylic acids is 1. The Labute approximate surface area is 200 Å². The van der Waals surface area contributed by atoms with Crippen LogP contribution in [-0.2, 0) is 14.8 Å². The molecule has 3 rings (SSSR count). The van der Waals surface area contributed by atoms with E-state index in [2.05, 4.69) is 10.0 Å². The van der Waals surface area contributed by atoms with Gasteiger partial charge in [-0.1, -0.05) is 17.7 Å². The summed E-state index contributed by atoms with van der Waals surface area (Å²) in [5, 5.41) is 12.3. The number of rotatable bonds is 8. The van der Waals surface area contributed by atoms with Crippen LogP contribution in [0.25, 0.3) is 0 Å². The zero-order valence-electron chi connectivity index (χ0n) is 20.0. The fraction of sp³-hybridized carbons (Fsp3) is 0.417. The fourth-order valence-corrected chi connectivity index (χ4v) is 5.34. The summed E-state index contributed by atoms with van der Waals surface area (Å²) in [6.07, 6.45) is 0. The maximum Gasteiger partial charge on any atom is 0.335 e. The van der Waals surface area contributed by atoms with Gasteiger partial charge in [0, 0.05) is 32.2 Å². The third-order valence-electron chi connectivity index (χ3n) is 5.64. The van der Waals surface area contributed by atoms with Crippen molar-refractivity contribution in [3.05, 3.63) is 53.1 Å². The van der Waals surface area contributed by atoms with E-state index in [9.17, 15) is 23.1 Å². The monoisotopic (exact) mass is 488 g/mol. The van der Waals surface area contributed by atoms with Gasteiger partial charge in [-0.15, -0.1) is 0 Å². The summed E-state index contributed by atoms with van der Waals surface area (Å²) in [6.45, 7) is 10.1. The molecule has 0 bridgehead atoms. The molecule has 2 aromatic carbocycles. The fourth-order valence-electron chi connectivity index (χ4n) is 4.04. The van der Waals surface area contributed by atoms with Crippen LogP contribution in [0.1, 0.15) is 35.3 Å². The Kier molecular flexibility index (Phi) is 7.83. The van der Waals surface area contributed by atoms with Crippen molar-refractivity contribution in [1.82, 2.24) is 10.2 Å². The molecule has 1 amide bonds. The van der Waals surface area contributed by atoms with Crippen molar-refractivity contribution in [1.29, 1.82) is 0 Å². The number of carbonyl (C=O) groups is 2. The molecule has 34 heavy (non-hydrogen) atoms. The van der Waals surface area contributed by atoms with E-state index in [1.165, 1.54) is 12.1 Å². The summed E-state index contributed by atoms with van der Waals surface area (Å²) in [7, 11) is -3.94. The highest BCUT2D eigenvalue weighted by Crippen LogP contribution is 2.31. The van der Waals surface area contributed by atoms with Crippen LogP contribution in [0.2, 0.25) is 0 Å². The largest absolute Gasteiger partial charge is 0.478 e. The smallest absolute Gasteiger partial charge is 0.335 e. The van der Waals surface area contributed by atoms with Crippen molar-refractivity contribution in [3.8, 4) is 0 Å². The molecule has 1 aliphatic rings. The Morgan fingerprint density at radius 2 is 1.71 bits per heavy atom. The molecule has 1 fully saturated rings. The zero-order valence-corrected chi connectivity index (χ0v) is 20.8. The number of nitrogens with one attached hydrogen (secondary N) is 2. The molecule has 1 aliphatic heterocycles. The van der Waals surface area contributed by atoms with Gasteiger partial charge < -0.3 is 15.3 Å². The average molecular weight is 489 g/mol. The number of hydrogen-bond donors (Lipinski definition) is 3. The summed E-state index contributed by atoms with van der Waals surface area (Å²) in [5.74, 6) is -1.17. The van der Waals surface area contributed by atoms with Gasteiger partial charge in [0.15, 0.2) is 0 Å². The first-order valence-electron chi connectivity index (χ1n) is 11.2. The van der Waals surface area contributed by atoms with E-state index < -0.39 is 16.0 Å². The van der Waals surface area contributed by atoms with E-state index in [4.69, 9.17) is 0 Å². The summed E-state index contributed by atoms with van der Waals surface area (Å²) in [4.78, 5) is 27.8. The Morgan fingerprint density at radius 1 is 1.03 bits per heavy atom. The third-order valence-corrected chi connectivity index (χ3v) is 7.16. The van der Waals surface area contributed by atoms with E-state index in [1.807, 2.05) is 30.6 Å². The lowest BCUT2D eigenvalue weighted by atomic mass is 10.1. The van der Waals surface area contributed by atoms with Gasteiger partial charge in [0.1, 0.15) is 0 Å². The summed E-state index contributed by atoms with van der Waals surface area (Å²) >= 11 is 0. The second-order valence-electron chi connectivity index (χ2n) is 8.90. The highest BCUT2D eigenvalue weighted by atomic mass is 32.2. The average Bonchev–Trinajstić information content (AvgIpc) is 2.73. The highest BCUT2D eigenvalue weighted by molar-refractivity contribution is 7.92. The molecule has 0 atom stereocenters. The van der Waals surface area contributed by atoms with Crippen molar-refractivity contribution in [2.75, 3.05) is 42.3 Å². The van der Waals surface area contributed by atoms with Crippen molar-refractivity contribution in [3.63, 3.8) is 0 Å². The molecule has 3 N–H and O–H groups in total. The molecule has 2 aromatic rings. The van der Waals surface area contributed by atoms with Crippen LogP contribution >= 0.6 is 0 Å². The maximum absolute atomic E-state index is 13.2. The molecule has 0 saturated carbocycles. The molecular formula is C24H32N4O5S. The van der Waals surface area contributed by atoms with E-state index >= 15 is 0 Å². The van der Waals surface area contributed by atoms with Gasteiger partial charge in [0.05, 0.1) is 28.4 Å². The van der Waals surface area contributed by atoms with E-state index in [-0.39, 0.29) is 28.1 Å². The topological polar surface area (TPSA) is 119 Å². The zero-order chi connectivity index (χ0) is 25.0. The van der Waals surface area contributed by atoms with E-state index in [0.29, 0.717) is 44.0 Å².